The summed E-state index contributed by atoms with van der Waals surface area (Å²) in [5, 5.41) is 3.01. The molecule has 1 saturated heterocycles. The van der Waals surface area contributed by atoms with Gasteiger partial charge in [0.1, 0.15) is 12.3 Å². The maximum atomic E-state index is 12.3. The number of aromatic amines is 1. The van der Waals surface area contributed by atoms with Crippen LogP contribution in [0.15, 0.2) is 36.4 Å². The van der Waals surface area contributed by atoms with Crippen molar-refractivity contribution in [2.24, 2.45) is 5.92 Å². The normalized spacial score (nSPS) is 14.8. The average molecular weight is 369 g/mol. The van der Waals surface area contributed by atoms with Crippen LogP contribution < -0.4 is 5.32 Å². The summed E-state index contributed by atoms with van der Waals surface area (Å²) in [7, 11) is 0. The molecule has 6 heteroatoms. The van der Waals surface area contributed by atoms with E-state index in [2.05, 4.69) is 10.3 Å². The van der Waals surface area contributed by atoms with Crippen LogP contribution in [0.4, 0.5) is 4.79 Å². The van der Waals surface area contributed by atoms with E-state index >= 15 is 0 Å². The van der Waals surface area contributed by atoms with Gasteiger partial charge >= 0.3 is 6.09 Å². The number of carbonyl (C=O) groups is 2. The second kappa shape index (κ2) is 8.75. The van der Waals surface area contributed by atoms with Crippen molar-refractivity contribution in [3.05, 3.63) is 58.9 Å². The van der Waals surface area contributed by atoms with Crippen LogP contribution in [0, 0.1) is 19.8 Å². The van der Waals surface area contributed by atoms with Crippen molar-refractivity contribution in [3.63, 3.8) is 0 Å². The topological polar surface area (TPSA) is 74.4 Å². The van der Waals surface area contributed by atoms with Gasteiger partial charge in [-0.2, -0.15) is 0 Å². The fourth-order valence-electron chi connectivity index (χ4n) is 3.42. The molecule has 1 fully saturated rings. The lowest BCUT2D eigenvalue weighted by atomic mass is 9.97. The van der Waals surface area contributed by atoms with Crippen molar-refractivity contribution in [2.75, 3.05) is 19.6 Å². The number of aryl methyl sites for hydroxylation is 2. The zero-order chi connectivity index (χ0) is 19.2. The van der Waals surface area contributed by atoms with Gasteiger partial charge in [-0.3, -0.25) is 4.79 Å². The van der Waals surface area contributed by atoms with E-state index in [4.69, 9.17) is 4.74 Å². The number of hydrogen-bond donors (Lipinski definition) is 2. The molecule has 0 unspecified atom stereocenters. The zero-order valence-corrected chi connectivity index (χ0v) is 16.0. The molecule has 2 amide bonds. The predicted molar refractivity (Wildman–Crippen MR) is 104 cm³/mol. The highest BCUT2D eigenvalue weighted by molar-refractivity contribution is 5.94. The lowest BCUT2D eigenvalue weighted by Gasteiger charge is -2.31. The standard InChI is InChI=1S/C21H27N3O3/c1-15-12-16(2)23-19(15)20(25)22-13-17-8-10-24(11-9-17)21(26)27-14-18-6-4-3-5-7-18/h3-7,12,17,23H,8-11,13-14H2,1-2H3,(H,22,25). The first-order valence-corrected chi connectivity index (χ1v) is 9.43. The van der Waals surface area contributed by atoms with Crippen LogP contribution >= 0.6 is 0 Å². The Balaban J connectivity index is 1.39. The Labute approximate surface area is 159 Å². The van der Waals surface area contributed by atoms with Gasteiger partial charge in [-0.05, 0) is 49.8 Å². The molecular weight excluding hydrogens is 342 g/mol. The number of nitrogens with one attached hydrogen (secondary N) is 2. The molecule has 0 aliphatic carbocycles. The summed E-state index contributed by atoms with van der Waals surface area (Å²) >= 11 is 0. The number of rotatable bonds is 5. The van der Waals surface area contributed by atoms with Gasteiger partial charge in [0.2, 0.25) is 0 Å². The van der Waals surface area contributed by atoms with Gasteiger partial charge in [0.15, 0.2) is 0 Å². The smallest absolute Gasteiger partial charge is 0.410 e. The molecule has 1 aliphatic rings. The van der Waals surface area contributed by atoms with E-state index in [1.165, 1.54) is 0 Å². The van der Waals surface area contributed by atoms with Gasteiger partial charge < -0.3 is 19.9 Å². The Morgan fingerprint density at radius 1 is 1.19 bits per heavy atom. The number of carbonyl (C=O) groups excluding carboxylic acids is 2. The summed E-state index contributed by atoms with van der Waals surface area (Å²) in [4.78, 5) is 29.3. The van der Waals surface area contributed by atoms with Gasteiger partial charge in [-0.15, -0.1) is 0 Å². The molecule has 0 bridgehead atoms. The molecular formula is C21H27N3O3. The van der Waals surface area contributed by atoms with E-state index in [0.717, 1.165) is 29.7 Å². The number of aromatic nitrogens is 1. The molecule has 0 atom stereocenters. The fourth-order valence-corrected chi connectivity index (χ4v) is 3.42. The highest BCUT2D eigenvalue weighted by Gasteiger charge is 2.24. The molecule has 0 spiro atoms. The van der Waals surface area contributed by atoms with Gasteiger partial charge in [0.05, 0.1) is 0 Å². The Bertz CT molecular complexity index is 777. The highest BCUT2D eigenvalue weighted by Crippen LogP contribution is 2.18. The van der Waals surface area contributed by atoms with Crippen molar-refractivity contribution in [3.8, 4) is 0 Å². The number of benzene rings is 1. The van der Waals surface area contributed by atoms with E-state index in [0.29, 0.717) is 37.9 Å². The van der Waals surface area contributed by atoms with Gasteiger partial charge in [-0.25, -0.2) is 4.79 Å². The third-order valence-electron chi connectivity index (χ3n) is 5.01. The third-order valence-corrected chi connectivity index (χ3v) is 5.01. The molecule has 1 aliphatic heterocycles. The van der Waals surface area contributed by atoms with Crippen molar-refractivity contribution in [2.45, 2.75) is 33.3 Å². The third kappa shape index (κ3) is 5.12. The minimum Gasteiger partial charge on any atom is -0.445 e. The average Bonchev–Trinajstić information content (AvgIpc) is 3.03. The first kappa shape index (κ1) is 19.0. The molecule has 2 aromatic rings. The Morgan fingerprint density at radius 3 is 2.52 bits per heavy atom. The minimum absolute atomic E-state index is 0.0645. The van der Waals surface area contributed by atoms with Gasteiger partial charge in [0.25, 0.3) is 5.91 Å². The van der Waals surface area contributed by atoms with Crippen LogP contribution in [0.25, 0.3) is 0 Å². The van der Waals surface area contributed by atoms with E-state index in [1.54, 1.807) is 4.90 Å². The van der Waals surface area contributed by atoms with Crippen LogP contribution in [0.5, 0.6) is 0 Å². The van der Waals surface area contributed by atoms with E-state index < -0.39 is 0 Å². The molecule has 1 aromatic carbocycles. The Kier molecular flexibility index (Phi) is 6.16. The molecule has 0 radical (unpaired) electrons. The van der Waals surface area contributed by atoms with Gasteiger partial charge in [0, 0.05) is 25.3 Å². The number of piperidine rings is 1. The Hall–Kier alpha value is -2.76. The molecule has 1 aromatic heterocycles. The molecule has 27 heavy (non-hydrogen) atoms. The number of hydrogen-bond acceptors (Lipinski definition) is 3. The lowest BCUT2D eigenvalue weighted by Crippen LogP contribution is -2.41. The maximum Gasteiger partial charge on any atom is 0.410 e. The molecule has 3 rings (SSSR count). The van der Waals surface area contributed by atoms with Crippen molar-refractivity contribution in [1.82, 2.24) is 15.2 Å². The Morgan fingerprint density at radius 2 is 1.89 bits per heavy atom. The van der Waals surface area contributed by atoms with Crippen LogP contribution in [0.1, 0.15) is 40.2 Å². The van der Waals surface area contributed by atoms with Crippen molar-refractivity contribution < 1.29 is 14.3 Å². The number of amides is 2. The summed E-state index contributed by atoms with van der Waals surface area (Å²) in [5.74, 6) is 0.314. The van der Waals surface area contributed by atoms with E-state index in [9.17, 15) is 9.59 Å². The van der Waals surface area contributed by atoms with Crippen LogP contribution in [-0.2, 0) is 11.3 Å². The van der Waals surface area contributed by atoms with E-state index in [1.807, 2.05) is 50.2 Å². The first-order valence-electron chi connectivity index (χ1n) is 9.43. The largest absolute Gasteiger partial charge is 0.445 e. The van der Waals surface area contributed by atoms with Gasteiger partial charge in [-0.1, -0.05) is 30.3 Å². The molecule has 2 N–H and O–H groups in total. The summed E-state index contributed by atoms with van der Waals surface area (Å²) in [6.07, 6.45) is 1.46. The molecule has 0 saturated carbocycles. The number of ether oxygens (including phenoxy) is 1. The maximum absolute atomic E-state index is 12.3. The van der Waals surface area contributed by atoms with Crippen LogP contribution in [0.2, 0.25) is 0 Å². The zero-order valence-electron chi connectivity index (χ0n) is 16.0. The number of H-pyrrole nitrogens is 1. The van der Waals surface area contributed by atoms with Crippen molar-refractivity contribution >= 4 is 12.0 Å². The first-order chi connectivity index (χ1) is 13.0. The highest BCUT2D eigenvalue weighted by atomic mass is 16.6. The summed E-state index contributed by atoms with van der Waals surface area (Å²) in [6.45, 7) is 6.12. The molecule has 6 nitrogen and oxygen atoms in total. The molecule has 144 valence electrons. The summed E-state index contributed by atoms with van der Waals surface area (Å²) < 4.78 is 5.39. The summed E-state index contributed by atoms with van der Waals surface area (Å²) in [5.41, 5.74) is 3.56. The monoisotopic (exact) mass is 369 g/mol. The lowest BCUT2D eigenvalue weighted by molar-refractivity contribution is 0.0800. The van der Waals surface area contributed by atoms with Crippen molar-refractivity contribution in [1.29, 1.82) is 0 Å². The van der Waals surface area contributed by atoms with Crippen LogP contribution in [-0.4, -0.2) is 41.5 Å². The van der Waals surface area contributed by atoms with Crippen LogP contribution in [0.3, 0.4) is 0 Å². The molecule has 2 heterocycles. The number of nitrogens with zero attached hydrogens (tertiary/aromatic N) is 1. The summed E-state index contributed by atoms with van der Waals surface area (Å²) in [6, 6.07) is 11.6. The second-order valence-corrected chi connectivity index (χ2v) is 7.19. The quantitative estimate of drug-likeness (QED) is 0.848. The predicted octanol–water partition coefficient (Wildman–Crippen LogP) is 3.41. The number of likely N-dealkylation sites (tertiary alicyclic amines) is 1. The second-order valence-electron chi connectivity index (χ2n) is 7.19. The SMILES string of the molecule is Cc1cc(C)c(C(=O)NCC2CCN(C(=O)OCc3ccccc3)CC2)[nH]1. The minimum atomic E-state index is -0.265. The van der Waals surface area contributed by atoms with E-state index in [-0.39, 0.29) is 12.0 Å². The fraction of sp³-hybridized carbons (Fsp3) is 0.429.